The van der Waals surface area contributed by atoms with E-state index < -0.39 is 17.8 Å². The Morgan fingerprint density at radius 3 is 2.47 bits per heavy atom. The molecule has 0 unspecified atom stereocenters. The molecule has 0 aliphatic heterocycles. The molecule has 0 bridgehead atoms. The molecule has 0 spiro atoms. The number of aryl methyl sites for hydroxylation is 1. The van der Waals surface area contributed by atoms with Gasteiger partial charge >= 0.3 is 12.3 Å². The van der Waals surface area contributed by atoms with Crippen LogP contribution in [0.4, 0.5) is 29.3 Å². The Balaban J connectivity index is 1.73. The van der Waals surface area contributed by atoms with Gasteiger partial charge in [-0.1, -0.05) is 25.5 Å². The zero-order valence-electron chi connectivity index (χ0n) is 18.2. The van der Waals surface area contributed by atoms with Crippen LogP contribution in [0.1, 0.15) is 31.0 Å². The number of pyridine rings is 1. The van der Waals surface area contributed by atoms with Gasteiger partial charge in [0.15, 0.2) is 0 Å². The summed E-state index contributed by atoms with van der Waals surface area (Å²) in [5.74, 6) is 0. The number of rotatable bonds is 6. The fraction of sp³-hybridized carbons (Fsp3) is 0.208. The van der Waals surface area contributed by atoms with Gasteiger partial charge < -0.3 is 10.4 Å². The lowest BCUT2D eigenvalue weighted by molar-refractivity contribution is -0.137. The molecule has 0 saturated heterocycles. The second-order valence-corrected chi connectivity index (χ2v) is 7.82. The van der Waals surface area contributed by atoms with Gasteiger partial charge in [-0.25, -0.2) is 9.78 Å². The fourth-order valence-electron chi connectivity index (χ4n) is 3.70. The molecule has 3 N–H and O–H groups in total. The van der Waals surface area contributed by atoms with E-state index in [-0.39, 0.29) is 11.1 Å². The first-order chi connectivity index (χ1) is 16.2. The Labute approximate surface area is 192 Å². The summed E-state index contributed by atoms with van der Waals surface area (Å²) in [4.78, 5) is 15.5. The molecule has 0 saturated carbocycles. The standard InChI is InChI=1S/C24H22F3N5O2/c1-2-3-4-19-21(22(28)32-12-9-16(24(25,26)27)13-20(32)30-19)15-5-7-17(8-6-15)29-18-10-11-31(14-18)23(33)34/h5-14,28-29H,2-4H2,1H3,(H,33,34). The van der Waals surface area contributed by atoms with Crippen molar-refractivity contribution in [1.82, 2.24) is 14.0 Å². The molecular weight excluding hydrogens is 447 g/mol. The van der Waals surface area contributed by atoms with Crippen molar-refractivity contribution in [2.45, 2.75) is 32.4 Å². The molecule has 0 fully saturated rings. The maximum Gasteiger partial charge on any atom is 0.416 e. The summed E-state index contributed by atoms with van der Waals surface area (Å²) >= 11 is 0. The summed E-state index contributed by atoms with van der Waals surface area (Å²) in [6.07, 6.45) is 0.713. The first-order valence-corrected chi connectivity index (χ1v) is 10.6. The lowest BCUT2D eigenvalue weighted by atomic mass is 10.0. The van der Waals surface area contributed by atoms with E-state index in [1.807, 2.05) is 6.92 Å². The SMILES string of the molecule is CCCCc1nc2cc(C(F)(F)F)ccn2c(=N)c1-c1ccc(Nc2ccn(C(=O)O)c2)cc1. The summed E-state index contributed by atoms with van der Waals surface area (Å²) in [7, 11) is 0. The van der Waals surface area contributed by atoms with Crippen LogP contribution in [0.5, 0.6) is 0 Å². The zero-order valence-corrected chi connectivity index (χ0v) is 18.2. The van der Waals surface area contributed by atoms with Crippen LogP contribution in [0.25, 0.3) is 16.8 Å². The Bertz CT molecular complexity index is 1410. The fourth-order valence-corrected chi connectivity index (χ4v) is 3.70. The van der Waals surface area contributed by atoms with Gasteiger partial charge in [-0.15, -0.1) is 0 Å². The Morgan fingerprint density at radius 2 is 1.85 bits per heavy atom. The second-order valence-electron chi connectivity index (χ2n) is 7.82. The van der Waals surface area contributed by atoms with E-state index in [9.17, 15) is 18.0 Å². The third-order valence-electron chi connectivity index (χ3n) is 5.42. The quantitative estimate of drug-likeness (QED) is 0.327. The first-order valence-electron chi connectivity index (χ1n) is 10.6. The third kappa shape index (κ3) is 4.66. The molecule has 7 nitrogen and oxygen atoms in total. The van der Waals surface area contributed by atoms with Crippen LogP contribution in [0, 0.1) is 5.41 Å². The summed E-state index contributed by atoms with van der Waals surface area (Å²) < 4.78 is 41.9. The predicted molar refractivity (Wildman–Crippen MR) is 121 cm³/mol. The number of unbranched alkanes of at least 4 members (excludes halogenated alkanes) is 1. The third-order valence-corrected chi connectivity index (χ3v) is 5.42. The highest BCUT2D eigenvalue weighted by atomic mass is 19.4. The highest BCUT2D eigenvalue weighted by Gasteiger charge is 2.31. The van der Waals surface area contributed by atoms with E-state index in [0.29, 0.717) is 34.6 Å². The number of halogens is 3. The number of hydrogen-bond donors (Lipinski definition) is 3. The number of hydrogen-bond acceptors (Lipinski definition) is 4. The molecule has 0 amide bonds. The van der Waals surface area contributed by atoms with E-state index >= 15 is 0 Å². The molecule has 10 heteroatoms. The minimum absolute atomic E-state index is 0.0593. The average molecular weight is 469 g/mol. The van der Waals surface area contributed by atoms with Crippen LogP contribution < -0.4 is 10.8 Å². The number of aromatic nitrogens is 3. The van der Waals surface area contributed by atoms with Gasteiger partial charge in [0.25, 0.3) is 0 Å². The molecule has 0 atom stereocenters. The summed E-state index contributed by atoms with van der Waals surface area (Å²) in [6.45, 7) is 2.01. The first kappa shape index (κ1) is 23.1. The summed E-state index contributed by atoms with van der Waals surface area (Å²) in [5.41, 5.74) is 2.50. The van der Waals surface area contributed by atoms with Crippen molar-refractivity contribution < 1.29 is 23.1 Å². The zero-order chi connectivity index (χ0) is 24.5. The lowest BCUT2D eigenvalue weighted by Crippen LogP contribution is -2.21. The largest absolute Gasteiger partial charge is 0.464 e. The van der Waals surface area contributed by atoms with Crippen molar-refractivity contribution in [3.63, 3.8) is 0 Å². The van der Waals surface area contributed by atoms with Gasteiger partial charge in [-0.2, -0.15) is 13.2 Å². The molecule has 1 aromatic carbocycles. The highest BCUT2D eigenvalue weighted by Crippen LogP contribution is 2.30. The Kier molecular flexibility index (Phi) is 6.14. The van der Waals surface area contributed by atoms with Crippen LogP contribution in [-0.4, -0.2) is 25.2 Å². The van der Waals surface area contributed by atoms with Gasteiger partial charge in [0.2, 0.25) is 0 Å². The van der Waals surface area contributed by atoms with E-state index in [1.54, 1.807) is 30.3 Å². The van der Waals surface area contributed by atoms with Gasteiger partial charge in [0.05, 0.1) is 16.9 Å². The number of nitrogens with one attached hydrogen (secondary N) is 2. The second kappa shape index (κ2) is 9.05. The number of alkyl halides is 3. The van der Waals surface area contributed by atoms with Crippen LogP contribution in [0.2, 0.25) is 0 Å². The molecular formula is C24H22F3N5O2. The molecule has 0 radical (unpaired) electrons. The molecule has 3 heterocycles. The topological polar surface area (TPSA) is 95.4 Å². The predicted octanol–water partition coefficient (Wildman–Crippen LogP) is 5.91. The van der Waals surface area contributed by atoms with Crippen molar-refractivity contribution in [2.24, 2.45) is 0 Å². The molecule has 4 rings (SSSR count). The Hall–Kier alpha value is -4.08. The van der Waals surface area contributed by atoms with Crippen LogP contribution in [-0.2, 0) is 12.6 Å². The van der Waals surface area contributed by atoms with Gasteiger partial charge in [-0.05, 0) is 48.7 Å². The molecule has 0 aliphatic rings. The van der Waals surface area contributed by atoms with Crippen LogP contribution in [0.15, 0.2) is 61.1 Å². The number of carboxylic acid groups (broad SMARTS) is 1. The normalized spacial score (nSPS) is 11.6. The van der Waals surface area contributed by atoms with Crippen LogP contribution >= 0.6 is 0 Å². The average Bonchev–Trinajstić information content (AvgIpc) is 3.26. The van der Waals surface area contributed by atoms with Crippen LogP contribution in [0.3, 0.4) is 0 Å². The van der Waals surface area contributed by atoms with Crippen molar-refractivity contribution >= 4 is 23.1 Å². The number of nitrogens with zero attached hydrogens (tertiary/aromatic N) is 3. The van der Waals surface area contributed by atoms with Gasteiger partial charge in [0.1, 0.15) is 11.1 Å². The minimum Gasteiger partial charge on any atom is -0.464 e. The Morgan fingerprint density at radius 1 is 1.12 bits per heavy atom. The van der Waals surface area contributed by atoms with Crippen molar-refractivity contribution in [1.29, 1.82) is 5.41 Å². The highest BCUT2D eigenvalue weighted by molar-refractivity contribution is 5.73. The van der Waals surface area contributed by atoms with Gasteiger partial charge in [0, 0.05) is 29.8 Å². The molecule has 176 valence electrons. The van der Waals surface area contributed by atoms with Crippen molar-refractivity contribution in [2.75, 3.05) is 5.32 Å². The lowest BCUT2D eigenvalue weighted by Gasteiger charge is -2.15. The molecule has 4 aromatic rings. The van der Waals surface area contributed by atoms with E-state index in [2.05, 4.69) is 10.3 Å². The smallest absolute Gasteiger partial charge is 0.416 e. The van der Waals surface area contributed by atoms with E-state index in [0.717, 1.165) is 29.5 Å². The molecule has 34 heavy (non-hydrogen) atoms. The maximum atomic E-state index is 13.2. The van der Waals surface area contributed by atoms with Crippen molar-refractivity contribution in [3.8, 4) is 11.1 Å². The monoisotopic (exact) mass is 469 g/mol. The number of carbonyl (C=O) groups is 1. The summed E-state index contributed by atoms with van der Waals surface area (Å²) in [5, 5.41) is 20.9. The number of benzene rings is 1. The maximum absolute atomic E-state index is 13.2. The summed E-state index contributed by atoms with van der Waals surface area (Å²) in [6, 6.07) is 10.7. The number of anilines is 2. The minimum atomic E-state index is -4.49. The van der Waals surface area contributed by atoms with Crippen molar-refractivity contribution in [3.05, 3.63) is 77.8 Å². The molecule has 3 aromatic heterocycles. The number of fused-ring (bicyclic) bond motifs is 1. The van der Waals surface area contributed by atoms with E-state index in [1.165, 1.54) is 23.0 Å². The van der Waals surface area contributed by atoms with Gasteiger partial charge in [-0.3, -0.25) is 14.4 Å². The van der Waals surface area contributed by atoms with E-state index in [4.69, 9.17) is 10.5 Å². The molecule has 0 aliphatic carbocycles.